The van der Waals surface area contributed by atoms with Gasteiger partial charge in [-0.1, -0.05) is 56.4 Å². The molecule has 2 N–H and O–H groups in total. The summed E-state index contributed by atoms with van der Waals surface area (Å²) in [5.41, 5.74) is 3.36. The van der Waals surface area contributed by atoms with E-state index < -0.39 is 0 Å². The highest BCUT2D eigenvalue weighted by atomic mass is 32.1. The SMILES string of the molecule is Cc1nnc2sc(-c3ccccc3NC(=S)NC(=O)c3ccc(C(C)(C)C)cc3)nn12. The second kappa shape index (κ2) is 8.16. The number of hydrogen-bond donors (Lipinski definition) is 2. The van der Waals surface area contributed by atoms with Crippen molar-refractivity contribution in [2.24, 2.45) is 0 Å². The Kier molecular flexibility index (Phi) is 5.55. The van der Waals surface area contributed by atoms with E-state index in [0.29, 0.717) is 5.56 Å². The summed E-state index contributed by atoms with van der Waals surface area (Å²) in [7, 11) is 0. The molecule has 0 aliphatic carbocycles. The van der Waals surface area contributed by atoms with Crippen LogP contribution in [0.1, 0.15) is 42.5 Å². The van der Waals surface area contributed by atoms with E-state index in [1.54, 1.807) is 4.52 Å². The molecule has 2 aromatic heterocycles. The van der Waals surface area contributed by atoms with Crippen molar-refractivity contribution in [1.82, 2.24) is 25.1 Å². The summed E-state index contributed by atoms with van der Waals surface area (Å²) >= 11 is 6.82. The van der Waals surface area contributed by atoms with E-state index in [9.17, 15) is 4.79 Å². The Balaban J connectivity index is 1.49. The highest BCUT2D eigenvalue weighted by Crippen LogP contribution is 2.31. The van der Waals surface area contributed by atoms with Crippen LogP contribution in [-0.4, -0.2) is 30.8 Å². The third kappa shape index (κ3) is 4.47. The quantitative estimate of drug-likeness (QED) is 0.444. The molecule has 2 aromatic carbocycles. The number of thiocarbonyl (C=S) groups is 1. The first-order chi connectivity index (χ1) is 14.7. The lowest BCUT2D eigenvalue weighted by molar-refractivity contribution is 0.0977. The topological polar surface area (TPSA) is 84.2 Å². The number of carbonyl (C=O) groups excluding carboxylic acids is 1. The molecule has 0 bridgehead atoms. The second-order valence-corrected chi connectivity index (χ2v) is 9.49. The van der Waals surface area contributed by atoms with Gasteiger partial charge in [-0.05, 0) is 54.4 Å². The summed E-state index contributed by atoms with van der Waals surface area (Å²) in [6.45, 7) is 8.26. The molecule has 0 fully saturated rings. The van der Waals surface area contributed by atoms with Crippen LogP contribution >= 0.6 is 23.6 Å². The van der Waals surface area contributed by atoms with Gasteiger partial charge in [-0.2, -0.15) is 9.61 Å². The predicted molar refractivity (Wildman–Crippen MR) is 128 cm³/mol. The largest absolute Gasteiger partial charge is 0.332 e. The monoisotopic (exact) mass is 450 g/mol. The number of aryl methyl sites for hydroxylation is 1. The van der Waals surface area contributed by atoms with Crippen LogP contribution in [0.25, 0.3) is 15.5 Å². The first kappa shape index (κ1) is 21.1. The Morgan fingerprint density at radius 2 is 1.77 bits per heavy atom. The average molecular weight is 451 g/mol. The van der Waals surface area contributed by atoms with E-state index in [0.717, 1.165) is 27.0 Å². The van der Waals surface area contributed by atoms with Gasteiger partial charge < -0.3 is 5.32 Å². The number of nitrogens with one attached hydrogen (secondary N) is 2. The first-order valence-corrected chi connectivity index (χ1v) is 11.0. The third-order valence-corrected chi connectivity index (χ3v) is 5.93. The van der Waals surface area contributed by atoms with Gasteiger partial charge in [0.2, 0.25) is 4.96 Å². The summed E-state index contributed by atoms with van der Waals surface area (Å²) < 4.78 is 1.71. The maximum absolute atomic E-state index is 12.6. The number of hydrogen-bond acceptors (Lipinski definition) is 6. The maximum Gasteiger partial charge on any atom is 0.257 e. The molecule has 0 aliphatic heterocycles. The number of anilines is 1. The Morgan fingerprint density at radius 1 is 1.06 bits per heavy atom. The van der Waals surface area contributed by atoms with E-state index in [-0.39, 0.29) is 16.4 Å². The molecule has 0 unspecified atom stereocenters. The molecule has 0 spiro atoms. The molecule has 0 atom stereocenters. The van der Waals surface area contributed by atoms with Gasteiger partial charge in [0, 0.05) is 11.1 Å². The highest BCUT2D eigenvalue weighted by Gasteiger charge is 2.16. The minimum atomic E-state index is -0.259. The Hall–Kier alpha value is -3.17. The molecule has 158 valence electrons. The number of nitrogens with zero attached hydrogens (tertiary/aromatic N) is 4. The molecule has 0 saturated carbocycles. The van der Waals surface area contributed by atoms with E-state index in [4.69, 9.17) is 12.2 Å². The Labute approximate surface area is 189 Å². The molecule has 4 rings (SSSR count). The average Bonchev–Trinajstić information content (AvgIpc) is 3.30. The zero-order chi connectivity index (χ0) is 22.2. The number of rotatable bonds is 3. The zero-order valence-electron chi connectivity index (χ0n) is 17.6. The van der Waals surface area contributed by atoms with Crippen molar-refractivity contribution < 1.29 is 4.79 Å². The molecule has 0 aliphatic rings. The van der Waals surface area contributed by atoms with E-state index in [1.165, 1.54) is 16.9 Å². The molecule has 4 aromatic rings. The predicted octanol–water partition coefficient (Wildman–Crippen LogP) is 4.59. The number of carbonyl (C=O) groups is 1. The van der Waals surface area contributed by atoms with Crippen molar-refractivity contribution in [2.45, 2.75) is 33.1 Å². The normalized spacial score (nSPS) is 11.5. The molecule has 2 heterocycles. The van der Waals surface area contributed by atoms with E-state index in [1.807, 2.05) is 55.5 Å². The number of benzene rings is 2. The van der Waals surface area contributed by atoms with Gasteiger partial charge in [0.15, 0.2) is 10.9 Å². The van der Waals surface area contributed by atoms with Gasteiger partial charge in [-0.15, -0.1) is 10.2 Å². The molecule has 9 heteroatoms. The number of fused-ring (bicyclic) bond motifs is 1. The fourth-order valence-electron chi connectivity index (χ4n) is 3.05. The molecular weight excluding hydrogens is 428 g/mol. The summed E-state index contributed by atoms with van der Waals surface area (Å²) in [5.74, 6) is 0.466. The fraction of sp³-hybridized carbons (Fsp3) is 0.227. The van der Waals surface area contributed by atoms with Gasteiger partial charge >= 0.3 is 0 Å². The van der Waals surface area contributed by atoms with Crippen molar-refractivity contribution in [1.29, 1.82) is 0 Å². The van der Waals surface area contributed by atoms with Crippen LogP contribution in [0.3, 0.4) is 0 Å². The summed E-state index contributed by atoms with van der Waals surface area (Å²) in [6.07, 6.45) is 0. The lowest BCUT2D eigenvalue weighted by atomic mass is 9.87. The molecule has 7 nitrogen and oxygen atoms in total. The Bertz CT molecular complexity index is 1270. The van der Waals surface area contributed by atoms with Gasteiger partial charge in [0.25, 0.3) is 5.91 Å². The van der Waals surface area contributed by atoms with Gasteiger partial charge in [0.05, 0.1) is 5.69 Å². The van der Waals surface area contributed by atoms with Crippen molar-refractivity contribution in [3.63, 3.8) is 0 Å². The van der Waals surface area contributed by atoms with Crippen LogP contribution in [0.5, 0.6) is 0 Å². The van der Waals surface area contributed by atoms with Crippen molar-refractivity contribution in [3.8, 4) is 10.6 Å². The third-order valence-electron chi connectivity index (χ3n) is 4.79. The van der Waals surface area contributed by atoms with Gasteiger partial charge in [-0.25, -0.2) is 0 Å². The van der Waals surface area contributed by atoms with E-state index in [2.05, 4.69) is 46.7 Å². The highest BCUT2D eigenvalue weighted by molar-refractivity contribution is 7.80. The van der Waals surface area contributed by atoms with Crippen LogP contribution < -0.4 is 10.6 Å². The summed E-state index contributed by atoms with van der Waals surface area (Å²) in [6, 6.07) is 15.2. The standard InChI is InChI=1S/C22H22N6OS2/c1-13-25-26-21-28(13)27-19(31-21)16-7-5-6-8-17(16)23-20(30)24-18(29)14-9-11-15(12-10-14)22(2,3)4/h5-12H,1-4H3,(H2,23,24,29,30). The smallest absolute Gasteiger partial charge is 0.257 e. The first-order valence-electron chi connectivity index (χ1n) is 9.73. The second-order valence-electron chi connectivity index (χ2n) is 8.13. The van der Waals surface area contributed by atoms with Crippen LogP contribution in [-0.2, 0) is 5.41 Å². The zero-order valence-corrected chi connectivity index (χ0v) is 19.3. The molecule has 1 amide bonds. The van der Waals surface area contributed by atoms with Crippen LogP contribution in [0.15, 0.2) is 48.5 Å². The number of para-hydroxylation sites is 1. The molecule has 31 heavy (non-hydrogen) atoms. The van der Waals surface area contributed by atoms with E-state index >= 15 is 0 Å². The molecule has 0 radical (unpaired) electrons. The number of amides is 1. The fourth-order valence-corrected chi connectivity index (χ4v) is 4.18. The van der Waals surface area contributed by atoms with Crippen LogP contribution in [0.4, 0.5) is 5.69 Å². The number of aromatic nitrogens is 4. The summed E-state index contributed by atoms with van der Waals surface area (Å²) in [5, 5.41) is 19.6. The van der Waals surface area contributed by atoms with Crippen molar-refractivity contribution >= 4 is 45.2 Å². The van der Waals surface area contributed by atoms with Crippen molar-refractivity contribution in [3.05, 3.63) is 65.5 Å². The minimum absolute atomic E-state index is 0.0293. The minimum Gasteiger partial charge on any atom is -0.332 e. The molecular formula is C22H22N6OS2. The van der Waals surface area contributed by atoms with Gasteiger partial charge in [0.1, 0.15) is 5.01 Å². The summed E-state index contributed by atoms with van der Waals surface area (Å²) in [4.78, 5) is 13.3. The molecule has 0 saturated heterocycles. The van der Waals surface area contributed by atoms with Crippen LogP contribution in [0, 0.1) is 6.92 Å². The van der Waals surface area contributed by atoms with Crippen molar-refractivity contribution in [2.75, 3.05) is 5.32 Å². The maximum atomic E-state index is 12.6. The Morgan fingerprint density at radius 3 is 2.45 bits per heavy atom. The van der Waals surface area contributed by atoms with Crippen LogP contribution in [0.2, 0.25) is 0 Å². The lowest BCUT2D eigenvalue weighted by Crippen LogP contribution is -2.34. The lowest BCUT2D eigenvalue weighted by Gasteiger charge is -2.19. The van der Waals surface area contributed by atoms with Gasteiger partial charge in [-0.3, -0.25) is 10.1 Å².